The summed E-state index contributed by atoms with van der Waals surface area (Å²) in [7, 11) is 1.66. The van der Waals surface area contributed by atoms with E-state index in [1.807, 2.05) is 36.1 Å². The van der Waals surface area contributed by atoms with Crippen LogP contribution >= 0.6 is 11.3 Å². The van der Waals surface area contributed by atoms with Crippen LogP contribution in [0, 0.1) is 6.92 Å². The number of anilines is 1. The van der Waals surface area contributed by atoms with Gasteiger partial charge < -0.3 is 14.5 Å². The van der Waals surface area contributed by atoms with Gasteiger partial charge in [0.1, 0.15) is 5.75 Å². The molecule has 9 heteroatoms. The highest BCUT2D eigenvalue weighted by Crippen LogP contribution is 2.22. The molecule has 1 fully saturated rings. The Morgan fingerprint density at radius 1 is 1.12 bits per heavy atom. The van der Waals surface area contributed by atoms with E-state index in [-0.39, 0.29) is 5.91 Å². The Balaban J connectivity index is 1.42. The van der Waals surface area contributed by atoms with Crippen LogP contribution in [0.1, 0.15) is 15.6 Å². The Bertz CT molecular complexity index is 895. The molecule has 0 aliphatic carbocycles. The topological polar surface area (TPSA) is 75.9 Å². The number of aryl methyl sites for hydroxylation is 1. The molecular weight excluding hydrogens is 340 g/mol. The molecule has 3 heterocycles. The summed E-state index contributed by atoms with van der Waals surface area (Å²) in [6, 6.07) is 7.99. The molecule has 0 spiro atoms. The van der Waals surface area contributed by atoms with Gasteiger partial charge in [0.15, 0.2) is 5.82 Å². The lowest BCUT2D eigenvalue weighted by molar-refractivity contribution is 0.0745. The normalized spacial score (nSPS) is 15.0. The molecule has 130 valence electrons. The van der Waals surface area contributed by atoms with Crippen LogP contribution in [-0.2, 0) is 0 Å². The van der Waals surface area contributed by atoms with Crippen molar-refractivity contribution in [2.24, 2.45) is 0 Å². The van der Waals surface area contributed by atoms with Crippen LogP contribution in [0.25, 0.3) is 4.96 Å². The lowest BCUT2D eigenvalue weighted by atomic mass is 10.2. The van der Waals surface area contributed by atoms with Crippen molar-refractivity contribution >= 4 is 27.9 Å². The number of methoxy groups -OCH3 is 1. The Hall–Kier alpha value is -2.68. The quantitative estimate of drug-likeness (QED) is 0.706. The highest BCUT2D eigenvalue weighted by Gasteiger charge is 2.25. The molecule has 2 aromatic heterocycles. The van der Waals surface area contributed by atoms with Crippen molar-refractivity contribution in [3.05, 3.63) is 35.1 Å². The van der Waals surface area contributed by atoms with Gasteiger partial charge in [-0.05, 0) is 31.2 Å². The number of hydrogen-bond acceptors (Lipinski definition) is 7. The minimum absolute atomic E-state index is 0.0377. The van der Waals surface area contributed by atoms with Gasteiger partial charge in [0.05, 0.1) is 7.11 Å². The fourth-order valence-corrected chi connectivity index (χ4v) is 3.75. The number of ether oxygens (including phenoxy) is 1. The van der Waals surface area contributed by atoms with Gasteiger partial charge >= 0.3 is 0 Å². The number of nitrogens with zero attached hydrogens (tertiary/aromatic N) is 6. The summed E-state index contributed by atoms with van der Waals surface area (Å²) in [5.41, 5.74) is 1.14. The van der Waals surface area contributed by atoms with Gasteiger partial charge in [-0.3, -0.25) is 4.79 Å². The second kappa shape index (κ2) is 6.32. The van der Waals surface area contributed by atoms with Crippen molar-refractivity contribution < 1.29 is 9.53 Å². The zero-order valence-corrected chi connectivity index (χ0v) is 14.9. The third-order valence-electron chi connectivity index (χ3n) is 4.33. The molecule has 1 amide bonds. The first-order valence-corrected chi connectivity index (χ1v) is 8.84. The largest absolute Gasteiger partial charge is 0.497 e. The summed E-state index contributed by atoms with van der Waals surface area (Å²) >= 11 is 1.28. The molecule has 0 saturated carbocycles. The predicted octanol–water partition coefficient (Wildman–Crippen LogP) is 1.47. The molecule has 1 aliphatic rings. The van der Waals surface area contributed by atoms with Gasteiger partial charge in [-0.25, -0.2) is 0 Å². The number of fused-ring (bicyclic) bond motifs is 1. The minimum Gasteiger partial charge on any atom is -0.497 e. The van der Waals surface area contributed by atoms with Crippen LogP contribution in [0.15, 0.2) is 24.3 Å². The van der Waals surface area contributed by atoms with E-state index in [1.165, 1.54) is 11.3 Å². The summed E-state index contributed by atoms with van der Waals surface area (Å²) in [6.45, 7) is 4.75. The fourth-order valence-electron chi connectivity index (χ4n) is 2.90. The third kappa shape index (κ3) is 2.91. The number of benzene rings is 1. The fraction of sp³-hybridized carbons (Fsp3) is 0.375. The molecule has 0 N–H and O–H groups in total. The molecular formula is C16H18N6O2S. The van der Waals surface area contributed by atoms with Crippen molar-refractivity contribution in [1.29, 1.82) is 0 Å². The van der Waals surface area contributed by atoms with Crippen LogP contribution in [0.2, 0.25) is 0 Å². The van der Waals surface area contributed by atoms with E-state index in [4.69, 9.17) is 4.74 Å². The molecule has 1 aromatic carbocycles. The number of carbonyl (C=O) groups is 1. The maximum absolute atomic E-state index is 12.7. The van der Waals surface area contributed by atoms with Crippen LogP contribution in [0.4, 0.5) is 5.69 Å². The van der Waals surface area contributed by atoms with Gasteiger partial charge in [-0.1, -0.05) is 11.3 Å². The monoisotopic (exact) mass is 358 g/mol. The molecule has 1 saturated heterocycles. The Kier molecular flexibility index (Phi) is 4.00. The number of carbonyl (C=O) groups excluding carboxylic acids is 1. The molecule has 3 aromatic rings. The van der Waals surface area contributed by atoms with Crippen molar-refractivity contribution in [2.75, 3.05) is 38.2 Å². The number of amides is 1. The minimum atomic E-state index is -0.0377. The molecule has 0 atom stereocenters. The molecule has 0 unspecified atom stereocenters. The molecule has 1 aliphatic heterocycles. The number of hydrogen-bond donors (Lipinski definition) is 0. The lowest BCUT2D eigenvalue weighted by Gasteiger charge is -2.35. The first-order chi connectivity index (χ1) is 12.2. The Morgan fingerprint density at radius 3 is 2.48 bits per heavy atom. The average molecular weight is 358 g/mol. The van der Waals surface area contributed by atoms with Crippen LogP contribution in [0.3, 0.4) is 0 Å². The zero-order valence-electron chi connectivity index (χ0n) is 14.0. The Morgan fingerprint density at radius 2 is 1.84 bits per heavy atom. The highest BCUT2D eigenvalue weighted by molar-refractivity contribution is 7.18. The maximum atomic E-state index is 12.7. The van der Waals surface area contributed by atoms with E-state index in [2.05, 4.69) is 20.2 Å². The van der Waals surface area contributed by atoms with E-state index < -0.39 is 0 Å². The van der Waals surface area contributed by atoms with E-state index in [9.17, 15) is 4.79 Å². The number of piperazine rings is 1. The summed E-state index contributed by atoms with van der Waals surface area (Å²) in [4.78, 5) is 17.5. The van der Waals surface area contributed by atoms with Gasteiger partial charge in [0.2, 0.25) is 9.97 Å². The van der Waals surface area contributed by atoms with Crippen LogP contribution < -0.4 is 9.64 Å². The van der Waals surface area contributed by atoms with Crippen LogP contribution in [0.5, 0.6) is 5.75 Å². The molecule has 4 rings (SSSR count). The van der Waals surface area contributed by atoms with Crippen molar-refractivity contribution in [3.63, 3.8) is 0 Å². The first kappa shape index (κ1) is 15.8. The molecule has 0 radical (unpaired) electrons. The number of rotatable bonds is 3. The highest BCUT2D eigenvalue weighted by atomic mass is 32.1. The zero-order chi connectivity index (χ0) is 17.4. The molecule has 0 bridgehead atoms. The SMILES string of the molecule is COc1ccc(N2CCN(C(=O)c3nn4c(C)nnc4s3)CC2)cc1. The van der Waals surface area contributed by atoms with Crippen molar-refractivity contribution in [1.82, 2.24) is 24.7 Å². The van der Waals surface area contributed by atoms with Crippen molar-refractivity contribution in [3.8, 4) is 5.75 Å². The second-order valence-electron chi connectivity index (χ2n) is 5.83. The van der Waals surface area contributed by atoms with Crippen molar-refractivity contribution in [2.45, 2.75) is 6.92 Å². The van der Waals surface area contributed by atoms with Crippen LogP contribution in [-0.4, -0.2) is 63.9 Å². The van der Waals surface area contributed by atoms with E-state index in [0.717, 1.165) is 24.5 Å². The molecule has 25 heavy (non-hydrogen) atoms. The summed E-state index contributed by atoms with van der Waals surface area (Å²) in [5.74, 6) is 1.50. The standard InChI is InChI=1S/C16H18N6O2S/c1-11-17-18-16-22(11)19-14(25-16)15(23)21-9-7-20(8-10-21)12-3-5-13(24-2)6-4-12/h3-6H,7-10H2,1-2H3. The van der Waals surface area contributed by atoms with Gasteiger partial charge in [0, 0.05) is 31.9 Å². The van der Waals surface area contributed by atoms with E-state index in [0.29, 0.717) is 28.9 Å². The summed E-state index contributed by atoms with van der Waals surface area (Å²) in [6.07, 6.45) is 0. The van der Waals surface area contributed by atoms with Gasteiger partial charge in [-0.15, -0.1) is 15.3 Å². The smallest absolute Gasteiger partial charge is 0.284 e. The predicted molar refractivity (Wildman–Crippen MR) is 94.5 cm³/mol. The van der Waals surface area contributed by atoms with Gasteiger partial charge in [-0.2, -0.15) is 4.52 Å². The number of aromatic nitrogens is 4. The van der Waals surface area contributed by atoms with E-state index >= 15 is 0 Å². The Labute approximate surface area is 148 Å². The lowest BCUT2D eigenvalue weighted by Crippen LogP contribution is -2.48. The average Bonchev–Trinajstić information content (AvgIpc) is 3.24. The third-order valence-corrected chi connectivity index (χ3v) is 5.22. The molecule has 8 nitrogen and oxygen atoms in total. The van der Waals surface area contributed by atoms with Gasteiger partial charge in [0.25, 0.3) is 5.91 Å². The maximum Gasteiger partial charge on any atom is 0.284 e. The second-order valence-corrected chi connectivity index (χ2v) is 6.78. The first-order valence-electron chi connectivity index (χ1n) is 8.03. The summed E-state index contributed by atoms with van der Waals surface area (Å²) < 4.78 is 6.81. The summed E-state index contributed by atoms with van der Waals surface area (Å²) in [5, 5.41) is 12.8. The van der Waals surface area contributed by atoms with E-state index in [1.54, 1.807) is 11.6 Å².